The summed E-state index contributed by atoms with van der Waals surface area (Å²) >= 11 is 11.9. The predicted molar refractivity (Wildman–Crippen MR) is 86.1 cm³/mol. The highest BCUT2D eigenvalue weighted by molar-refractivity contribution is 6.42. The van der Waals surface area contributed by atoms with Crippen molar-refractivity contribution in [2.75, 3.05) is 17.7 Å². The van der Waals surface area contributed by atoms with Crippen LogP contribution in [0.5, 0.6) is 5.75 Å². The van der Waals surface area contributed by atoms with Crippen molar-refractivity contribution in [2.24, 2.45) is 0 Å². The van der Waals surface area contributed by atoms with E-state index in [9.17, 15) is 4.79 Å². The van der Waals surface area contributed by atoms with Crippen LogP contribution >= 0.6 is 23.2 Å². The molecule has 0 aliphatic heterocycles. The van der Waals surface area contributed by atoms with Gasteiger partial charge in [-0.3, -0.25) is 4.79 Å². The van der Waals surface area contributed by atoms with Crippen LogP contribution in [0.4, 0.5) is 11.4 Å². The minimum absolute atomic E-state index is 0.168. The van der Waals surface area contributed by atoms with Crippen molar-refractivity contribution in [3.63, 3.8) is 0 Å². The van der Waals surface area contributed by atoms with Crippen LogP contribution < -0.4 is 15.8 Å². The van der Waals surface area contributed by atoms with Crippen LogP contribution in [0.25, 0.3) is 0 Å². The molecule has 0 aliphatic carbocycles. The van der Waals surface area contributed by atoms with Crippen molar-refractivity contribution in [3.8, 4) is 5.75 Å². The van der Waals surface area contributed by atoms with Gasteiger partial charge in [0, 0.05) is 11.4 Å². The summed E-state index contributed by atoms with van der Waals surface area (Å²) in [6.07, 6.45) is 0.192. The van der Waals surface area contributed by atoms with Crippen molar-refractivity contribution in [2.45, 2.75) is 6.42 Å². The fourth-order valence-electron chi connectivity index (χ4n) is 1.69. The Bertz CT molecular complexity index is 647. The topological polar surface area (TPSA) is 64.3 Å². The molecule has 0 radical (unpaired) electrons. The first-order chi connectivity index (χ1) is 10.1. The van der Waals surface area contributed by atoms with Crippen molar-refractivity contribution in [1.29, 1.82) is 0 Å². The number of carbonyl (C=O) groups excluding carboxylic acids is 1. The van der Waals surface area contributed by atoms with E-state index >= 15 is 0 Å². The number of rotatable bonds is 5. The van der Waals surface area contributed by atoms with Gasteiger partial charge in [0.1, 0.15) is 10.8 Å². The van der Waals surface area contributed by atoms with E-state index in [1.54, 1.807) is 42.5 Å². The number of ether oxygens (including phenoxy) is 1. The predicted octanol–water partition coefficient (Wildman–Crippen LogP) is 3.98. The average molecular weight is 325 g/mol. The summed E-state index contributed by atoms with van der Waals surface area (Å²) in [5.74, 6) is 0.291. The van der Waals surface area contributed by atoms with Crippen LogP contribution in [0.2, 0.25) is 10.0 Å². The van der Waals surface area contributed by atoms with Gasteiger partial charge in [0.25, 0.3) is 0 Å². The summed E-state index contributed by atoms with van der Waals surface area (Å²) in [4.78, 5) is 11.8. The van der Waals surface area contributed by atoms with Crippen molar-refractivity contribution in [1.82, 2.24) is 0 Å². The summed E-state index contributed by atoms with van der Waals surface area (Å²) in [7, 11) is 0. The van der Waals surface area contributed by atoms with E-state index < -0.39 is 0 Å². The Morgan fingerprint density at radius 3 is 2.71 bits per heavy atom. The molecular formula is C15H14Cl2N2O2. The fourth-order valence-corrected chi connectivity index (χ4v) is 2.04. The molecule has 0 atom stereocenters. The van der Waals surface area contributed by atoms with Crippen LogP contribution in [0, 0.1) is 0 Å². The summed E-state index contributed by atoms with van der Waals surface area (Å²) in [5.41, 5.74) is 6.88. The zero-order valence-corrected chi connectivity index (χ0v) is 12.6. The second-order valence-corrected chi connectivity index (χ2v) is 5.11. The molecule has 0 saturated heterocycles. The lowest BCUT2D eigenvalue weighted by Gasteiger charge is -2.09. The molecule has 0 unspecified atom stereocenters. The highest BCUT2D eigenvalue weighted by Gasteiger charge is 2.07. The maximum Gasteiger partial charge on any atom is 0.227 e. The summed E-state index contributed by atoms with van der Waals surface area (Å²) in [6, 6.07) is 12.1. The number of amides is 1. The number of nitrogens with two attached hydrogens (primary N) is 1. The Hall–Kier alpha value is -1.91. The van der Waals surface area contributed by atoms with Crippen molar-refractivity contribution < 1.29 is 9.53 Å². The molecule has 110 valence electrons. The standard InChI is InChI=1S/C15H14Cl2N2O2/c16-12-5-2-6-13(15(12)17)21-8-7-14(20)19-11-4-1-3-10(18)9-11/h1-6,9H,7-8,18H2,(H,19,20). The molecule has 3 N–H and O–H groups in total. The molecule has 4 nitrogen and oxygen atoms in total. The lowest BCUT2D eigenvalue weighted by Crippen LogP contribution is -2.15. The minimum Gasteiger partial charge on any atom is -0.491 e. The average Bonchev–Trinajstić information content (AvgIpc) is 2.43. The molecule has 0 saturated carbocycles. The Morgan fingerprint density at radius 2 is 1.95 bits per heavy atom. The van der Waals surface area contributed by atoms with Gasteiger partial charge in [0.05, 0.1) is 18.1 Å². The highest BCUT2D eigenvalue weighted by Crippen LogP contribution is 2.31. The Kier molecular flexibility index (Phi) is 5.31. The number of carbonyl (C=O) groups is 1. The van der Waals surface area contributed by atoms with Gasteiger partial charge in [0.2, 0.25) is 5.91 Å². The Labute approximate surface area is 132 Å². The normalized spacial score (nSPS) is 10.2. The van der Waals surface area contributed by atoms with Gasteiger partial charge in [-0.25, -0.2) is 0 Å². The lowest BCUT2D eigenvalue weighted by atomic mass is 10.3. The third kappa shape index (κ3) is 4.55. The van der Waals surface area contributed by atoms with Gasteiger partial charge < -0.3 is 15.8 Å². The molecule has 21 heavy (non-hydrogen) atoms. The van der Waals surface area contributed by atoms with E-state index in [-0.39, 0.29) is 18.9 Å². The molecular weight excluding hydrogens is 311 g/mol. The molecule has 0 aliphatic rings. The van der Waals surface area contributed by atoms with E-state index in [2.05, 4.69) is 5.32 Å². The highest BCUT2D eigenvalue weighted by atomic mass is 35.5. The fraction of sp³-hybridized carbons (Fsp3) is 0.133. The van der Waals surface area contributed by atoms with Crippen LogP contribution in [-0.4, -0.2) is 12.5 Å². The molecule has 2 rings (SSSR count). The second-order valence-electron chi connectivity index (χ2n) is 4.32. The molecule has 0 aromatic heterocycles. The van der Waals surface area contributed by atoms with E-state index in [4.69, 9.17) is 33.7 Å². The molecule has 0 fully saturated rings. The van der Waals surface area contributed by atoms with E-state index in [0.717, 1.165) is 0 Å². The van der Waals surface area contributed by atoms with E-state index in [1.165, 1.54) is 0 Å². The number of hydrogen-bond donors (Lipinski definition) is 2. The maximum atomic E-state index is 11.8. The van der Waals surface area contributed by atoms with Crippen LogP contribution in [0.3, 0.4) is 0 Å². The lowest BCUT2D eigenvalue weighted by molar-refractivity contribution is -0.116. The number of nitrogen functional groups attached to an aromatic ring is 1. The van der Waals surface area contributed by atoms with Crippen molar-refractivity contribution in [3.05, 3.63) is 52.5 Å². The first kappa shape index (κ1) is 15.5. The summed E-state index contributed by atoms with van der Waals surface area (Å²) in [6.45, 7) is 0.203. The Morgan fingerprint density at radius 1 is 1.19 bits per heavy atom. The third-order valence-electron chi connectivity index (χ3n) is 2.67. The van der Waals surface area contributed by atoms with Gasteiger partial charge >= 0.3 is 0 Å². The zero-order chi connectivity index (χ0) is 15.2. The molecule has 6 heteroatoms. The third-order valence-corrected chi connectivity index (χ3v) is 3.47. The largest absolute Gasteiger partial charge is 0.491 e. The quantitative estimate of drug-likeness (QED) is 0.817. The molecule has 2 aromatic rings. The van der Waals surface area contributed by atoms with Crippen LogP contribution in [0.1, 0.15) is 6.42 Å². The molecule has 0 heterocycles. The van der Waals surface area contributed by atoms with Crippen LogP contribution in [-0.2, 0) is 4.79 Å². The van der Waals surface area contributed by atoms with Crippen molar-refractivity contribution >= 4 is 40.5 Å². The van der Waals surface area contributed by atoms with Gasteiger partial charge in [-0.1, -0.05) is 35.3 Å². The molecule has 0 bridgehead atoms. The van der Waals surface area contributed by atoms with Gasteiger partial charge in [0.15, 0.2) is 0 Å². The summed E-state index contributed by atoms with van der Waals surface area (Å²) in [5, 5.41) is 3.50. The van der Waals surface area contributed by atoms with Gasteiger partial charge in [-0.15, -0.1) is 0 Å². The van der Waals surface area contributed by atoms with E-state index in [1.807, 2.05) is 0 Å². The van der Waals surface area contributed by atoms with E-state index in [0.29, 0.717) is 27.2 Å². The Balaban J connectivity index is 1.83. The first-order valence-electron chi connectivity index (χ1n) is 6.28. The SMILES string of the molecule is Nc1cccc(NC(=O)CCOc2cccc(Cl)c2Cl)c1. The number of nitrogens with one attached hydrogen (secondary N) is 1. The second kappa shape index (κ2) is 7.20. The molecule has 1 amide bonds. The number of hydrogen-bond acceptors (Lipinski definition) is 3. The zero-order valence-electron chi connectivity index (χ0n) is 11.1. The van der Waals surface area contributed by atoms with Gasteiger partial charge in [-0.2, -0.15) is 0 Å². The van der Waals surface area contributed by atoms with Gasteiger partial charge in [-0.05, 0) is 30.3 Å². The number of anilines is 2. The minimum atomic E-state index is -0.168. The smallest absolute Gasteiger partial charge is 0.227 e. The maximum absolute atomic E-state index is 11.8. The number of benzene rings is 2. The number of halogens is 2. The molecule has 0 spiro atoms. The van der Waals surface area contributed by atoms with Crippen LogP contribution in [0.15, 0.2) is 42.5 Å². The molecule has 2 aromatic carbocycles. The monoisotopic (exact) mass is 324 g/mol. The first-order valence-corrected chi connectivity index (χ1v) is 7.04. The summed E-state index contributed by atoms with van der Waals surface area (Å²) < 4.78 is 5.45.